The first-order chi connectivity index (χ1) is 11.0. The molecule has 5 nitrogen and oxygen atoms in total. The molecule has 0 saturated carbocycles. The second-order valence-corrected chi connectivity index (χ2v) is 7.48. The van der Waals surface area contributed by atoms with Crippen LogP contribution in [0.2, 0.25) is 0 Å². The number of hydrogen-bond donors (Lipinski definition) is 1. The molecule has 1 aliphatic rings. The molecule has 1 aromatic heterocycles. The van der Waals surface area contributed by atoms with Gasteiger partial charge in [-0.15, -0.1) is 11.8 Å². The second-order valence-electron chi connectivity index (χ2n) is 5.47. The molecule has 1 N–H and O–H groups in total. The van der Waals surface area contributed by atoms with Crippen molar-refractivity contribution in [3.63, 3.8) is 0 Å². The van der Waals surface area contributed by atoms with Crippen molar-refractivity contribution in [2.45, 2.75) is 19.9 Å². The number of aromatic nitrogens is 1. The van der Waals surface area contributed by atoms with Crippen LogP contribution in [-0.2, 0) is 4.79 Å². The number of anilines is 1. The van der Waals surface area contributed by atoms with Crippen molar-refractivity contribution in [2.24, 2.45) is 0 Å². The van der Waals surface area contributed by atoms with Crippen LogP contribution in [0.15, 0.2) is 30.3 Å². The lowest BCUT2D eigenvalue weighted by atomic mass is 10.2. The third kappa shape index (κ3) is 3.56. The summed E-state index contributed by atoms with van der Waals surface area (Å²) in [5, 5.41) is 2.89. The predicted molar refractivity (Wildman–Crippen MR) is 93.9 cm³/mol. The Balaban J connectivity index is 1.71. The number of carbonyl (C=O) groups is 2. The molecule has 120 valence electrons. The lowest BCUT2D eigenvalue weighted by Gasteiger charge is -2.22. The molecule has 1 aliphatic heterocycles. The van der Waals surface area contributed by atoms with E-state index in [4.69, 9.17) is 0 Å². The summed E-state index contributed by atoms with van der Waals surface area (Å²) in [4.78, 5) is 27.7. The van der Waals surface area contributed by atoms with Gasteiger partial charge in [-0.05, 0) is 43.6 Å². The minimum atomic E-state index is -0.462. The fraction of sp³-hybridized carbons (Fsp3) is 0.312. The van der Waals surface area contributed by atoms with Gasteiger partial charge in [0.1, 0.15) is 11.7 Å². The van der Waals surface area contributed by atoms with Crippen molar-refractivity contribution in [2.75, 3.05) is 16.9 Å². The number of benzene rings is 1. The molecule has 2 aromatic rings. The zero-order chi connectivity index (χ0) is 16.4. The molecule has 0 radical (unpaired) electrons. The Kier molecular flexibility index (Phi) is 4.68. The van der Waals surface area contributed by atoms with Crippen molar-refractivity contribution < 1.29 is 9.59 Å². The molecule has 1 saturated heterocycles. The van der Waals surface area contributed by atoms with Gasteiger partial charge in [0.25, 0.3) is 5.91 Å². The first-order valence-electron chi connectivity index (χ1n) is 7.24. The Morgan fingerprint density at radius 2 is 2.00 bits per heavy atom. The lowest BCUT2D eigenvalue weighted by molar-refractivity contribution is -0.119. The topological polar surface area (TPSA) is 62.3 Å². The van der Waals surface area contributed by atoms with Gasteiger partial charge in [-0.3, -0.25) is 9.59 Å². The number of rotatable bonds is 3. The molecule has 0 aliphatic carbocycles. The molecule has 7 heteroatoms. The van der Waals surface area contributed by atoms with E-state index in [1.807, 2.05) is 38.1 Å². The van der Waals surface area contributed by atoms with Crippen LogP contribution >= 0.6 is 23.3 Å². The molecule has 23 heavy (non-hydrogen) atoms. The lowest BCUT2D eigenvalue weighted by Crippen LogP contribution is -2.44. The minimum Gasteiger partial charge on any atom is -0.324 e. The van der Waals surface area contributed by atoms with E-state index < -0.39 is 6.04 Å². The van der Waals surface area contributed by atoms with E-state index in [9.17, 15) is 9.59 Å². The third-order valence-electron chi connectivity index (χ3n) is 3.61. The van der Waals surface area contributed by atoms with Gasteiger partial charge in [-0.2, -0.15) is 4.37 Å². The van der Waals surface area contributed by atoms with Crippen LogP contribution in [-0.4, -0.2) is 38.8 Å². The molecule has 3 rings (SSSR count). The number of nitrogens with zero attached hydrogens (tertiary/aromatic N) is 2. The first kappa shape index (κ1) is 16.0. The number of nitrogens with one attached hydrogen (secondary N) is 1. The Morgan fingerprint density at radius 1 is 1.26 bits per heavy atom. The summed E-state index contributed by atoms with van der Waals surface area (Å²) in [6, 6.07) is 8.93. The van der Waals surface area contributed by atoms with E-state index in [0.29, 0.717) is 17.3 Å². The average molecular weight is 347 g/mol. The Bertz CT molecular complexity index is 727. The Hall–Kier alpha value is -1.86. The fourth-order valence-corrected chi connectivity index (χ4v) is 4.03. The first-order valence-corrected chi connectivity index (χ1v) is 9.17. The van der Waals surface area contributed by atoms with Crippen LogP contribution in [0.25, 0.3) is 0 Å². The second kappa shape index (κ2) is 6.72. The standard InChI is InChI=1S/C16H17N3O2S2/c1-10-3-5-12(6-4-10)17-15(20)14-8-22-9-19(14)16(21)13-7-11(2)23-18-13/h3-7,14H,8-9H2,1-2H3,(H,17,20)/t14-/m0/s1. The molecule has 1 aromatic carbocycles. The fourth-order valence-electron chi connectivity index (χ4n) is 2.34. The van der Waals surface area contributed by atoms with Gasteiger partial charge in [-0.1, -0.05) is 17.7 Å². The van der Waals surface area contributed by atoms with E-state index in [0.717, 1.165) is 16.1 Å². The maximum Gasteiger partial charge on any atom is 0.274 e. The summed E-state index contributed by atoms with van der Waals surface area (Å²) in [7, 11) is 0. The Morgan fingerprint density at radius 3 is 2.65 bits per heavy atom. The number of aryl methyl sites for hydroxylation is 2. The summed E-state index contributed by atoms with van der Waals surface area (Å²) < 4.78 is 4.16. The molecular weight excluding hydrogens is 330 g/mol. The third-order valence-corrected chi connectivity index (χ3v) is 5.32. The molecule has 1 fully saturated rings. The van der Waals surface area contributed by atoms with Crippen molar-refractivity contribution >= 4 is 40.8 Å². The summed E-state index contributed by atoms with van der Waals surface area (Å²) in [6.45, 7) is 3.91. The molecule has 2 heterocycles. The highest BCUT2D eigenvalue weighted by Crippen LogP contribution is 2.25. The van der Waals surface area contributed by atoms with Crippen molar-refractivity contribution in [1.82, 2.24) is 9.27 Å². The van der Waals surface area contributed by atoms with Crippen molar-refractivity contribution in [3.8, 4) is 0 Å². The maximum atomic E-state index is 12.5. The highest BCUT2D eigenvalue weighted by Gasteiger charge is 2.35. The van der Waals surface area contributed by atoms with Crippen molar-refractivity contribution in [3.05, 3.63) is 46.5 Å². The van der Waals surface area contributed by atoms with Crippen LogP contribution in [0.1, 0.15) is 20.9 Å². The van der Waals surface area contributed by atoms with Gasteiger partial charge >= 0.3 is 0 Å². The molecule has 0 bridgehead atoms. The molecule has 0 spiro atoms. The van der Waals surface area contributed by atoms with E-state index >= 15 is 0 Å². The maximum absolute atomic E-state index is 12.5. The van der Waals surface area contributed by atoms with Crippen LogP contribution in [0.4, 0.5) is 5.69 Å². The summed E-state index contributed by atoms with van der Waals surface area (Å²) in [5.41, 5.74) is 2.30. The zero-order valence-electron chi connectivity index (χ0n) is 12.9. The quantitative estimate of drug-likeness (QED) is 0.927. The summed E-state index contributed by atoms with van der Waals surface area (Å²) >= 11 is 2.88. The number of hydrogen-bond acceptors (Lipinski definition) is 5. The number of amides is 2. The van der Waals surface area contributed by atoms with E-state index in [-0.39, 0.29) is 11.8 Å². The van der Waals surface area contributed by atoms with Gasteiger partial charge in [0, 0.05) is 16.3 Å². The summed E-state index contributed by atoms with van der Waals surface area (Å²) in [6.07, 6.45) is 0. The smallest absolute Gasteiger partial charge is 0.274 e. The van der Waals surface area contributed by atoms with Crippen LogP contribution in [0.3, 0.4) is 0 Å². The molecule has 2 amide bonds. The number of thioether (sulfide) groups is 1. The van der Waals surface area contributed by atoms with E-state index in [1.54, 1.807) is 22.7 Å². The van der Waals surface area contributed by atoms with E-state index in [2.05, 4.69) is 9.69 Å². The van der Waals surface area contributed by atoms with Crippen LogP contribution in [0, 0.1) is 13.8 Å². The van der Waals surface area contributed by atoms with Crippen LogP contribution in [0.5, 0.6) is 0 Å². The highest BCUT2D eigenvalue weighted by atomic mass is 32.2. The Labute approximate surface area is 143 Å². The van der Waals surface area contributed by atoms with E-state index in [1.165, 1.54) is 11.5 Å². The SMILES string of the molecule is Cc1ccc(NC(=O)[C@@H]2CSCN2C(=O)c2cc(C)sn2)cc1. The largest absolute Gasteiger partial charge is 0.324 e. The zero-order valence-corrected chi connectivity index (χ0v) is 14.5. The normalized spacial score (nSPS) is 17.3. The highest BCUT2D eigenvalue weighted by molar-refractivity contribution is 7.99. The molecule has 0 unspecified atom stereocenters. The minimum absolute atomic E-state index is 0.154. The van der Waals surface area contributed by atoms with Gasteiger partial charge < -0.3 is 10.2 Å². The van der Waals surface area contributed by atoms with Gasteiger partial charge in [0.05, 0.1) is 5.88 Å². The van der Waals surface area contributed by atoms with Gasteiger partial charge in [-0.25, -0.2) is 0 Å². The van der Waals surface area contributed by atoms with Gasteiger partial charge in [0.15, 0.2) is 0 Å². The molecule has 1 atom stereocenters. The predicted octanol–water partition coefficient (Wildman–Crippen LogP) is 2.91. The average Bonchev–Trinajstić information content (AvgIpc) is 3.17. The van der Waals surface area contributed by atoms with Crippen molar-refractivity contribution in [1.29, 1.82) is 0 Å². The molecular formula is C16H17N3O2S2. The monoisotopic (exact) mass is 347 g/mol. The van der Waals surface area contributed by atoms with Crippen LogP contribution < -0.4 is 5.32 Å². The summed E-state index contributed by atoms with van der Waals surface area (Å²) in [5.74, 6) is 0.788. The van der Waals surface area contributed by atoms with Gasteiger partial charge in [0.2, 0.25) is 5.91 Å². The number of carbonyl (C=O) groups excluding carboxylic acids is 2.